The molecule has 0 radical (unpaired) electrons. The molecule has 3 rings (SSSR count). The lowest BCUT2D eigenvalue weighted by Gasteiger charge is -2.33. The second-order valence-electron chi connectivity index (χ2n) is 9.44. The fourth-order valence-corrected chi connectivity index (χ4v) is 5.60. The third kappa shape index (κ3) is 7.54. The zero-order valence-electron chi connectivity index (χ0n) is 22.3. The van der Waals surface area contributed by atoms with E-state index in [1.165, 1.54) is 25.2 Å². The zero-order chi connectivity index (χ0) is 27.9. The highest BCUT2D eigenvalue weighted by Gasteiger charge is 2.32. The molecule has 2 aromatic rings. The minimum Gasteiger partial charge on any atom is -0.497 e. The SMILES string of the molecule is COc1ccc(N(CC(=O)N(Cc2ccccc2Cl)[C@H](C)C(=O)NC2CCCCC2)S(C)(=O)=O)c(OC)c1. The maximum absolute atomic E-state index is 13.8. The van der Waals surface area contributed by atoms with Crippen LogP contribution in [0, 0.1) is 0 Å². The minimum atomic E-state index is -3.91. The van der Waals surface area contributed by atoms with Crippen molar-refractivity contribution in [3.8, 4) is 11.5 Å². The number of methoxy groups -OCH3 is 2. The van der Waals surface area contributed by atoms with Gasteiger partial charge in [0, 0.05) is 23.7 Å². The van der Waals surface area contributed by atoms with Gasteiger partial charge in [-0.1, -0.05) is 49.1 Å². The molecule has 0 heterocycles. The summed E-state index contributed by atoms with van der Waals surface area (Å²) in [5.41, 5.74) is 0.828. The topological polar surface area (TPSA) is 105 Å². The summed E-state index contributed by atoms with van der Waals surface area (Å²) in [7, 11) is -1.02. The molecule has 1 N–H and O–H groups in total. The standard InChI is InChI=1S/C27H36ClN3O6S/c1-19(27(33)29-21-11-6-5-7-12-21)30(17-20-10-8-9-13-23(20)28)26(32)18-31(38(4,34)35)24-15-14-22(36-2)16-25(24)37-3/h8-10,13-16,19,21H,5-7,11-12,17-18H2,1-4H3,(H,29,33)/t19-/m1/s1. The number of rotatable bonds is 11. The van der Waals surface area contributed by atoms with Crippen LogP contribution in [0.3, 0.4) is 0 Å². The number of hydrogen-bond acceptors (Lipinski definition) is 6. The van der Waals surface area contributed by atoms with E-state index in [4.69, 9.17) is 21.1 Å². The molecule has 208 valence electrons. The number of hydrogen-bond donors (Lipinski definition) is 1. The molecule has 0 bridgehead atoms. The monoisotopic (exact) mass is 565 g/mol. The van der Waals surface area contributed by atoms with Gasteiger partial charge in [0.25, 0.3) is 0 Å². The predicted octanol–water partition coefficient (Wildman–Crippen LogP) is 3.99. The molecule has 38 heavy (non-hydrogen) atoms. The lowest BCUT2D eigenvalue weighted by molar-refractivity contribution is -0.139. The lowest BCUT2D eigenvalue weighted by atomic mass is 9.95. The Bertz CT molecular complexity index is 1230. The fourth-order valence-electron chi connectivity index (χ4n) is 4.55. The predicted molar refractivity (Wildman–Crippen MR) is 148 cm³/mol. The first kappa shape index (κ1) is 29.6. The van der Waals surface area contributed by atoms with Gasteiger partial charge in [-0.05, 0) is 43.5 Å². The molecule has 2 amide bonds. The van der Waals surface area contributed by atoms with E-state index in [0.29, 0.717) is 16.3 Å². The fraction of sp³-hybridized carbons (Fsp3) is 0.481. The largest absolute Gasteiger partial charge is 0.497 e. The van der Waals surface area contributed by atoms with Crippen LogP contribution in [0.25, 0.3) is 0 Å². The highest BCUT2D eigenvalue weighted by atomic mass is 35.5. The van der Waals surface area contributed by atoms with Gasteiger partial charge in [-0.3, -0.25) is 13.9 Å². The summed E-state index contributed by atoms with van der Waals surface area (Å²) in [6, 6.07) is 10.9. The molecule has 1 fully saturated rings. The molecule has 1 saturated carbocycles. The number of anilines is 1. The Morgan fingerprint density at radius 1 is 1.08 bits per heavy atom. The second-order valence-corrected chi connectivity index (χ2v) is 11.8. The number of carbonyl (C=O) groups is 2. The van der Waals surface area contributed by atoms with Crippen LogP contribution in [-0.4, -0.2) is 64.2 Å². The molecule has 9 nitrogen and oxygen atoms in total. The Balaban J connectivity index is 1.93. The van der Waals surface area contributed by atoms with Crippen molar-refractivity contribution in [1.29, 1.82) is 0 Å². The number of carbonyl (C=O) groups excluding carboxylic acids is 2. The number of benzene rings is 2. The van der Waals surface area contributed by atoms with E-state index in [1.807, 2.05) is 0 Å². The Morgan fingerprint density at radius 3 is 2.37 bits per heavy atom. The summed E-state index contributed by atoms with van der Waals surface area (Å²) in [6.45, 7) is 1.15. The van der Waals surface area contributed by atoms with Crippen molar-refractivity contribution < 1.29 is 27.5 Å². The summed E-state index contributed by atoms with van der Waals surface area (Å²) in [4.78, 5) is 28.4. The van der Waals surface area contributed by atoms with E-state index in [1.54, 1.807) is 43.3 Å². The number of sulfonamides is 1. The van der Waals surface area contributed by atoms with E-state index in [0.717, 1.165) is 42.7 Å². The Labute approximate surface area is 230 Å². The first-order valence-corrected chi connectivity index (χ1v) is 14.8. The number of halogens is 1. The quantitative estimate of drug-likeness (QED) is 0.442. The van der Waals surface area contributed by atoms with Crippen LogP contribution in [0.4, 0.5) is 5.69 Å². The van der Waals surface area contributed by atoms with Crippen molar-refractivity contribution in [2.75, 3.05) is 31.3 Å². The van der Waals surface area contributed by atoms with Crippen molar-refractivity contribution in [2.45, 2.75) is 57.7 Å². The molecular weight excluding hydrogens is 530 g/mol. The van der Waals surface area contributed by atoms with Crippen LogP contribution in [-0.2, 0) is 26.2 Å². The van der Waals surface area contributed by atoms with E-state index in [2.05, 4.69) is 5.32 Å². The Morgan fingerprint density at radius 2 is 1.76 bits per heavy atom. The van der Waals surface area contributed by atoms with Crippen molar-refractivity contribution in [3.63, 3.8) is 0 Å². The summed E-state index contributed by atoms with van der Waals surface area (Å²) >= 11 is 6.38. The van der Waals surface area contributed by atoms with E-state index in [-0.39, 0.29) is 29.9 Å². The van der Waals surface area contributed by atoms with Crippen LogP contribution in [0.2, 0.25) is 5.02 Å². The van der Waals surface area contributed by atoms with Crippen molar-refractivity contribution in [2.24, 2.45) is 0 Å². The first-order valence-electron chi connectivity index (χ1n) is 12.6. The number of nitrogens with zero attached hydrogens (tertiary/aromatic N) is 2. The van der Waals surface area contributed by atoms with E-state index >= 15 is 0 Å². The number of nitrogens with one attached hydrogen (secondary N) is 1. The molecule has 1 aliphatic rings. The van der Waals surface area contributed by atoms with E-state index in [9.17, 15) is 18.0 Å². The summed E-state index contributed by atoms with van der Waals surface area (Å²) in [5.74, 6) is -0.146. The highest BCUT2D eigenvalue weighted by Crippen LogP contribution is 2.34. The first-order chi connectivity index (χ1) is 18.0. The maximum atomic E-state index is 13.8. The third-order valence-corrected chi connectivity index (χ3v) is 8.25. The average molecular weight is 566 g/mol. The van der Waals surface area contributed by atoms with Gasteiger partial charge >= 0.3 is 0 Å². The molecule has 0 aliphatic heterocycles. The van der Waals surface area contributed by atoms with Gasteiger partial charge in [0.15, 0.2) is 0 Å². The van der Waals surface area contributed by atoms with Crippen LogP contribution in [0.1, 0.15) is 44.6 Å². The van der Waals surface area contributed by atoms with Crippen LogP contribution < -0.4 is 19.1 Å². The average Bonchev–Trinajstić information content (AvgIpc) is 2.90. The summed E-state index contributed by atoms with van der Waals surface area (Å²) < 4.78 is 37.3. The number of ether oxygens (including phenoxy) is 2. The highest BCUT2D eigenvalue weighted by molar-refractivity contribution is 7.92. The van der Waals surface area contributed by atoms with Crippen LogP contribution in [0.15, 0.2) is 42.5 Å². The molecule has 11 heteroatoms. The third-order valence-electron chi connectivity index (χ3n) is 6.75. The summed E-state index contributed by atoms with van der Waals surface area (Å²) in [5, 5.41) is 3.52. The maximum Gasteiger partial charge on any atom is 0.244 e. The Hall–Kier alpha value is -2.98. The van der Waals surface area contributed by atoms with Crippen LogP contribution in [0.5, 0.6) is 11.5 Å². The van der Waals surface area contributed by atoms with Gasteiger partial charge in [0.2, 0.25) is 21.8 Å². The normalized spacial score (nSPS) is 14.9. The smallest absolute Gasteiger partial charge is 0.244 e. The van der Waals surface area contributed by atoms with Crippen molar-refractivity contribution in [3.05, 3.63) is 53.1 Å². The second kappa shape index (κ2) is 13.2. The van der Waals surface area contributed by atoms with Crippen molar-refractivity contribution in [1.82, 2.24) is 10.2 Å². The zero-order valence-corrected chi connectivity index (χ0v) is 23.8. The van der Waals surface area contributed by atoms with Gasteiger partial charge < -0.3 is 19.7 Å². The molecule has 2 aromatic carbocycles. The molecular formula is C27H36ClN3O6S. The molecule has 0 spiro atoms. The molecule has 1 atom stereocenters. The molecule has 0 aromatic heterocycles. The van der Waals surface area contributed by atoms with E-state index < -0.39 is 28.5 Å². The lowest BCUT2D eigenvalue weighted by Crippen LogP contribution is -2.53. The Kier molecular flexibility index (Phi) is 10.3. The minimum absolute atomic E-state index is 0.0368. The van der Waals surface area contributed by atoms with Gasteiger partial charge in [0.05, 0.1) is 26.2 Å². The van der Waals surface area contributed by atoms with Gasteiger partial charge in [-0.15, -0.1) is 0 Å². The molecule has 0 saturated heterocycles. The van der Waals surface area contributed by atoms with Gasteiger partial charge in [0.1, 0.15) is 24.1 Å². The number of amides is 2. The van der Waals surface area contributed by atoms with Crippen molar-refractivity contribution >= 4 is 39.1 Å². The summed E-state index contributed by atoms with van der Waals surface area (Å²) in [6.07, 6.45) is 6.06. The van der Waals surface area contributed by atoms with Gasteiger partial charge in [-0.2, -0.15) is 0 Å². The molecule has 0 unspecified atom stereocenters. The van der Waals surface area contributed by atoms with Gasteiger partial charge in [-0.25, -0.2) is 8.42 Å². The van der Waals surface area contributed by atoms with Crippen LogP contribution >= 0.6 is 11.6 Å². The molecule has 1 aliphatic carbocycles.